The smallest absolute Gasteiger partial charge is 0.0581 e. The van der Waals surface area contributed by atoms with E-state index in [0.717, 1.165) is 12.5 Å². The number of anilines is 2. The molecule has 3 rings (SSSR count). The number of hydrogen-bond donors (Lipinski definition) is 2. The number of benzene rings is 1. The van der Waals surface area contributed by atoms with Gasteiger partial charge in [-0.2, -0.15) is 0 Å². The van der Waals surface area contributed by atoms with Gasteiger partial charge in [0.15, 0.2) is 0 Å². The van der Waals surface area contributed by atoms with E-state index < -0.39 is 0 Å². The minimum absolute atomic E-state index is 0.314. The Kier molecular flexibility index (Phi) is 2.53. The highest BCUT2D eigenvalue weighted by molar-refractivity contribution is 5.73. The first-order valence-electron chi connectivity index (χ1n) is 6.80. The van der Waals surface area contributed by atoms with Crippen LogP contribution in [0.1, 0.15) is 38.2 Å². The molecule has 1 saturated carbocycles. The van der Waals surface area contributed by atoms with E-state index in [0.29, 0.717) is 5.54 Å². The average Bonchev–Trinajstić information content (AvgIpc) is 2.34. The molecule has 0 unspecified atom stereocenters. The average molecular weight is 230 g/mol. The third-order valence-electron chi connectivity index (χ3n) is 4.42. The zero-order valence-corrected chi connectivity index (χ0v) is 10.8. The Morgan fingerprint density at radius 1 is 1.18 bits per heavy atom. The summed E-state index contributed by atoms with van der Waals surface area (Å²) in [5.74, 6) is 0.904. The lowest BCUT2D eigenvalue weighted by Crippen LogP contribution is -2.49. The molecule has 1 heterocycles. The van der Waals surface area contributed by atoms with E-state index in [4.69, 9.17) is 0 Å². The Balaban J connectivity index is 1.83. The SMILES string of the molecule is Cc1ccc2c(c1)NCC1(CCC(C)CC1)N2. The van der Waals surface area contributed by atoms with Crippen molar-refractivity contribution in [1.82, 2.24) is 0 Å². The monoisotopic (exact) mass is 230 g/mol. The molecule has 0 bridgehead atoms. The second-order valence-corrected chi connectivity index (χ2v) is 5.99. The zero-order chi connectivity index (χ0) is 11.9. The largest absolute Gasteiger partial charge is 0.381 e. The van der Waals surface area contributed by atoms with Crippen LogP contribution in [0.3, 0.4) is 0 Å². The molecule has 1 spiro atoms. The fourth-order valence-corrected chi connectivity index (χ4v) is 3.12. The first-order chi connectivity index (χ1) is 8.17. The van der Waals surface area contributed by atoms with Gasteiger partial charge in [0.2, 0.25) is 0 Å². The summed E-state index contributed by atoms with van der Waals surface area (Å²) in [6.07, 6.45) is 5.31. The lowest BCUT2D eigenvalue weighted by atomic mass is 9.76. The molecule has 0 saturated heterocycles. The molecule has 17 heavy (non-hydrogen) atoms. The summed E-state index contributed by atoms with van der Waals surface area (Å²) in [5, 5.41) is 7.41. The molecule has 1 aliphatic heterocycles. The summed E-state index contributed by atoms with van der Waals surface area (Å²) < 4.78 is 0. The van der Waals surface area contributed by atoms with Gasteiger partial charge >= 0.3 is 0 Å². The summed E-state index contributed by atoms with van der Waals surface area (Å²) in [4.78, 5) is 0. The second kappa shape index (κ2) is 3.94. The predicted octanol–water partition coefficient (Wildman–Crippen LogP) is 3.78. The molecule has 1 aromatic carbocycles. The van der Waals surface area contributed by atoms with Crippen LogP contribution in [0.4, 0.5) is 11.4 Å². The Morgan fingerprint density at radius 3 is 2.71 bits per heavy atom. The molecule has 0 atom stereocenters. The van der Waals surface area contributed by atoms with E-state index in [1.165, 1.54) is 42.6 Å². The third-order valence-corrected chi connectivity index (χ3v) is 4.42. The second-order valence-electron chi connectivity index (χ2n) is 5.99. The first kappa shape index (κ1) is 10.9. The molecule has 0 radical (unpaired) electrons. The number of fused-ring (bicyclic) bond motifs is 1. The maximum atomic E-state index is 3.80. The van der Waals surface area contributed by atoms with Gasteiger partial charge in [0.25, 0.3) is 0 Å². The molecular formula is C15H22N2. The molecule has 1 aromatic rings. The fourth-order valence-electron chi connectivity index (χ4n) is 3.12. The van der Waals surface area contributed by atoms with E-state index in [1.54, 1.807) is 0 Å². The lowest BCUT2D eigenvalue weighted by molar-refractivity contribution is 0.274. The minimum atomic E-state index is 0.314. The molecule has 2 nitrogen and oxygen atoms in total. The molecule has 92 valence electrons. The topological polar surface area (TPSA) is 24.1 Å². The maximum absolute atomic E-state index is 3.80. The Labute approximate surface area is 104 Å². The van der Waals surface area contributed by atoms with E-state index in [-0.39, 0.29) is 0 Å². The van der Waals surface area contributed by atoms with Gasteiger partial charge in [0, 0.05) is 6.54 Å². The van der Waals surface area contributed by atoms with Crippen LogP contribution in [0, 0.1) is 12.8 Å². The van der Waals surface area contributed by atoms with Gasteiger partial charge in [-0.1, -0.05) is 13.0 Å². The van der Waals surface area contributed by atoms with Crippen molar-refractivity contribution in [3.63, 3.8) is 0 Å². The molecule has 2 aliphatic rings. The van der Waals surface area contributed by atoms with E-state index in [2.05, 4.69) is 42.7 Å². The summed E-state index contributed by atoms with van der Waals surface area (Å²) >= 11 is 0. The molecule has 1 aliphatic carbocycles. The number of aryl methyl sites for hydroxylation is 1. The standard InChI is InChI=1S/C15H22N2/c1-11-5-7-15(8-6-11)10-16-14-9-12(2)3-4-13(14)17-15/h3-4,9,11,16-17H,5-8,10H2,1-2H3. The summed E-state index contributed by atoms with van der Waals surface area (Å²) in [5.41, 5.74) is 4.20. The third kappa shape index (κ3) is 2.01. The van der Waals surface area contributed by atoms with Gasteiger partial charge in [-0.3, -0.25) is 0 Å². The Bertz CT molecular complexity index is 417. The van der Waals surface area contributed by atoms with Crippen LogP contribution >= 0.6 is 0 Å². The summed E-state index contributed by atoms with van der Waals surface area (Å²) in [7, 11) is 0. The molecule has 0 amide bonds. The van der Waals surface area contributed by atoms with Crippen LogP contribution < -0.4 is 10.6 Å². The van der Waals surface area contributed by atoms with Gasteiger partial charge in [-0.15, -0.1) is 0 Å². The first-order valence-corrected chi connectivity index (χ1v) is 6.80. The highest BCUT2D eigenvalue weighted by Gasteiger charge is 2.36. The zero-order valence-electron chi connectivity index (χ0n) is 10.8. The van der Waals surface area contributed by atoms with Gasteiger partial charge in [-0.25, -0.2) is 0 Å². The molecular weight excluding hydrogens is 208 g/mol. The maximum Gasteiger partial charge on any atom is 0.0581 e. The van der Waals surface area contributed by atoms with Gasteiger partial charge < -0.3 is 10.6 Å². The predicted molar refractivity (Wildman–Crippen MR) is 73.7 cm³/mol. The summed E-state index contributed by atoms with van der Waals surface area (Å²) in [6, 6.07) is 6.65. The summed E-state index contributed by atoms with van der Waals surface area (Å²) in [6.45, 7) is 5.60. The highest BCUT2D eigenvalue weighted by Crippen LogP contribution is 2.39. The van der Waals surface area contributed by atoms with Gasteiger partial charge in [0.05, 0.1) is 16.9 Å². The lowest BCUT2D eigenvalue weighted by Gasteiger charge is -2.44. The van der Waals surface area contributed by atoms with E-state index in [1.807, 2.05) is 0 Å². The van der Waals surface area contributed by atoms with Crippen LogP contribution in [0.25, 0.3) is 0 Å². The molecule has 0 aromatic heterocycles. The Hall–Kier alpha value is -1.18. The van der Waals surface area contributed by atoms with Crippen molar-refractivity contribution in [2.24, 2.45) is 5.92 Å². The van der Waals surface area contributed by atoms with Crippen LogP contribution in [0.15, 0.2) is 18.2 Å². The molecule has 2 N–H and O–H groups in total. The quantitative estimate of drug-likeness (QED) is 0.708. The Morgan fingerprint density at radius 2 is 1.94 bits per heavy atom. The molecule has 1 fully saturated rings. The van der Waals surface area contributed by atoms with Crippen molar-refractivity contribution in [1.29, 1.82) is 0 Å². The number of hydrogen-bond acceptors (Lipinski definition) is 2. The highest BCUT2D eigenvalue weighted by atomic mass is 15.1. The number of nitrogens with one attached hydrogen (secondary N) is 2. The van der Waals surface area contributed by atoms with Crippen LogP contribution in [0.5, 0.6) is 0 Å². The fraction of sp³-hybridized carbons (Fsp3) is 0.600. The van der Waals surface area contributed by atoms with Crippen molar-refractivity contribution < 1.29 is 0 Å². The van der Waals surface area contributed by atoms with E-state index >= 15 is 0 Å². The normalized spacial score (nSPS) is 31.5. The number of rotatable bonds is 0. The van der Waals surface area contributed by atoms with Crippen LogP contribution in [-0.2, 0) is 0 Å². The van der Waals surface area contributed by atoms with Crippen molar-refractivity contribution in [2.75, 3.05) is 17.2 Å². The van der Waals surface area contributed by atoms with Crippen molar-refractivity contribution in [3.8, 4) is 0 Å². The van der Waals surface area contributed by atoms with Crippen molar-refractivity contribution in [3.05, 3.63) is 23.8 Å². The van der Waals surface area contributed by atoms with Crippen molar-refractivity contribution in [2.45, 2.75) is 45.1 Å². The minimum Gasteiger partial charge on any atom is -0.381 e. The van der Waals surface area contributed by atoms with Crippen molar-refractivity contribution >= 4 is 11.4 Å². The van der Waals surface area contributed by atoms with Crippen LogP contribution in [-0.4, -0.2) is 12.1 Å². The van der Waals surface area contributed by atoms with Crippen LogP contribution in [0.2, 0.25) is 0 Å². The van der Waals surface area contributed by atoms with E-state index in [9.17, 15) is 0 Å². The van der Waals surface area contributed by atoms with Gasteiger partial charge in [0.1, 0.15) is 0 Å². The van der Waals surface area contributed by atoms with Gasteiger partial charge in [-0.05, 0) is 56.2 Å². The molecule has 2 heteroatoms.